The number of thioether (sulfide) groups is 1. The lowest BCUT2D eigenvalue weighted by molar-refractivity contribution is -0.143. The smallest absolute Gasteiger partial charge is 0.246 e. The third kappa shape index (κ3) is 2.43. The molecule has 114 valence electrons. The summed E-state index contributed by atoms with van der Waals surface area (Å²) in [6.07, 6.45) is 5.06. The molecule has 3 heterocycles. The zero-order valence-electron chi connectivity index (χ0n) is 12.6. The highest BCUT2D eigenvalue weighted by atomic mass is 32.2. The summed E-state index contributed by atoms with van der Waals surface area (Å²) in [6, 6.07) is -0.323. The molecule has 2 atom stereocenters. The Kier molecular flexibility index (Phi) is 3.47. The topological polar surface area (TPSA) is 58.4 Å². The summed E-state index contributed by atoms with van der Waals surface area (Å²) in [5.74, 6) is 0.819. The maximum atomic E-state index is 12.7. The number of amides is 2. The molecule has 3 rings (SSSR count). The molecule has 2 aliphatic heterocycles. The van der Waals surface area contributed by atoms with E-state index in [0.717, 1.165) is 12.0 Å². The molecule has 0 saturated carbocycles. The molecule has 0 radical (unpaired) electrons. The maximum Gasteiger partial charge on any atom is 0.246 e. The van der Waals surface area contributed by atoms with Crippen LogP contribution in [0.5, 0.6) is 0 Å². The molecule has 2 amide bonds. The Hall–Kier alpha value is -1.50. The molecule has 0 bridgehead atoms. The lowest BCUT2D eigenvalue weighted by atomic mass is 10.2. The average molecular weight is 308 g/mol. The summed E-state index contributed by atoms with van der Waals surface area (Å²) in [4.78, 5) is 28.1. The minimum absolute atomic E-state index is 0.0188. The van der Waals surface area contributed by atoms with Gasteiger partial charge in [0.05, 0.1) is 11.1 Å². The van der Waals surface area contributed by atoms with Crippen LogP contribution in [0.15, 0.2) is 12.4 Å². The molecule has 21 heavy (non-hydrogen) atoms. The molecule has 2 fully saturated rings. The lowest BCUT2D eigenvalue weighted by Crippen LogP contribution is -2.50. The summed E-state index contributed by atoms with van der Waals surface area (Å²) >= 11 is 1.72. The minimum Gasteiger partial charge on any atom is -0.339 e. The zero-order valence-corrected chi connectivity index (χ0v) is 13.4. The number of likely N-dealkylation sites (N-methyl/N-ethyl adjacent to an activating group) is 1. The highest BCUT2D eigenvalue weighted by molar-refractivity contribution is 8.01. The second-order valence-corrected chi connectivity index (χ2v) is 7.48. The van der Waals surface area contributed by atoms with Crippen molar-refractivity contribution in [3.63, 3.8) is 0 Å². The van der Waals surface area contributed by atoms with Crippen molar-refractivity contribution in [2.24, 2.45) is 7.05 Å². The van der Waals surface area contributed by atoms with Gasteiger partial charge in [-0.3, -0.25) is 14.3 Å². The fourth-order valence-corrected chi connectivity index (χ4v) is 4.59. The van der Waals surface area contributed by atoms with Crippen molar-refractivity contribution >= 4 is 23.6 Å². The molecule has 1 aromatic rings. The van der Waals surface area contributed by atoms with Crippen LogP contribution in [0.2, 0.25) is 0 Å². The quantitative estimate of drug-likeness (QED) is 0.830. The van der Waals surface area contributed by atoms with Crippen LogP contribution in [0.1, 0.15) is 25.3 Å². The van der Waals surface area contributed by atoms with Gasteiger partial charge in [-0.2, -0.15) is 5.10 Å². The van der Waals surface area contributed by atoms with E-state index in [-0.39, 0.29) is 22.7 Å². The van der Waals surface area contributed by atoms with E-state index in [2.05, 4.69) is 12.0 Å². The van der Waals surface area contributed by atoms with Gasteiger partial charge in [-0.25, -0.2) is 0 Å². The van der Waals surface area contributed by atoms with Crippen LogP contribution in [-0.4, -0.2) is 55.1 Å². The monoisotopic (exact) mass is 308 g/mol. The predicted molar refractivity (Wildman–Crippen MR) is 80.4 cm³/mol. The van der Waals surface area contributed by atoms with Gasteiger partial charge in [0.25, 0.3) is 0 Å². The van der Waals surface area contributed by atoms with Gasteiger partial charge >= 0.3 is 0 Å². The lowest BCUT2D eigenvalue weighted by Gasteiger charge is -2.31. The highest BCUT2D eigenvalue weighted by Gasteiger charge is 2.53. The van der Waals surface area contributed by atoms with Gasteiger partial charge in [-0.05, 0) is 13.3 Å². The molecule has 6 nitrogen and oxygen atoms in total. The average Bonchev–Trinajstić information content (AvgIpc) is 3.06. The van der Waals surface area contributed by atoms with E-state index < -0.39 is 0 Å². The maximum absolute atomic E-state index is 12.7. The van der Waals surface area contributed by atoms with Crippen molar-refractivity contribution in [1.82, 2.24) is 19.6 Å². The Balaban J connectivity index is 1.71. The predicted octanol–water partition coefficient (Wildman–Crippen LogP) is 0.832. The fraction of sp³-hybridized carbons (Fsp3) is 0.643. The van der Waals surface area contributed by atoms with Gasteiger partial charge in [0.2, 0.25) is 11.8 Å². The van der Waals surface area contributed by atoms with Crippen LogP contribution in [0.3, 0.4) is 0 Å². The first-order valence-electron chi connectivity index (χ1n) is 7.09. The standard InChI is InChI=1S/C14H20N4O2S/c1-14-5-4-12(19)18(14)11(9-21-14)13(20)16(2)7-10-6-15-17(3)8-10/h6,8,11H,4-5,7,9H2,1-3H3. The van der Waals surface area contributed by atoms with E-state index in [1.54, 1.807) is 39.5 Å². The van der Waals surface area contributed by atoms with E-state index in [9.17, 15) is 9.59 Å². The largest absolute Gasteiger partial charge is 0.339 e. The van der Waals surface area contributed by atoms with Gasteiger partial charge in [-0.1, -0.05) is 0 Å². The van der Waals surface area contributed by atoms with Crippen molar-refractivity contribution in [3.05, 3.63) is 18.0 Å². The summed E-state index contributed by atoms with van der Waals surface area (Å²) in [6.45, 7) is 2.59. The van der Waals surface area contributed by atoms with E-state index in [1.807, 2.05) is 13.2 Å². The molecule has 0 N–H and O–H groups in total. The van der Waals surface area contributed by atoms with Gasteiger partial charge in [0.15, 0.2) is 0 Å². The summed E-state index contributed by atoms with van der Waals surface area (Å²) < 4.78 is 1.72. The first kappa shape index (κ1) is 14.4. The summed E-state index contributed by atoms with van der Waals surface area (Å²) in [5.41, 5.74) is 0.995. The Morgan fingerprint density at radius 2 is 2.38 bits per heavy atom. The Labute approximate surface area is 128 Å². The first-order valence-corrected chi connectivity index (χ1v) is 8.08. The van der Waals surface area contributed by atoms with Gasteiger partial charge in [0, 0.05) is 44.6 Å². The van der Waals surface area contributed by atoms with Crippen LogP contribution in [0.25, 0.3) is 0 Å². The highest BCUT2D eigenvalue weighted by Crippen LogP contribution is 2.47. The number of nitrogens with zero attached hydrogens (tertiary/aromatic N) is 4. The number of carbonyl (C=O) groups is 2. The number of rotatable bonds is 3. The van der Waals surface area contributed by atoms with Crippen LogP contribution in [0.4, 0.5) is 0 Å². The number of carbonyl (C=O) groups excluding carboxylic acids is 2. The SMILES string of the molecule is CN(Cc1cnn(C)c1)C(=O)C1CSC2(C)CCC(=O)N12. The number of hydrogen-bond donors (Lipinski definition) is 0. The molecular weight excluding hydrogens is 288 g/mol. The molecule has 0 aliphatic carbocycles. The van der Waals surface area contributed by atoms with Crippen molar-refractivity contribution < 1.29 is 9.59 Å². The van der Waals surface area contributed by atoms with Crippen LogP contribution < -0.4 is 0 Å². The van der Waals surface area contributed by atoms with Crippen molar-refractivity contribution in [1.29, 1.82) is 0 Å². The fourth-order valence-electron chi connectivity index (χ4n) is 3.16. The molecule has 0 aromatic carbocycles. The minimum atomic E-state index is -0.323. The van der Waals surface area contributed by atoms with Crippen LogP contribution in [-0.2, 0) is 23.2 Å². The Morgan fingerprint density at radius 1 is 1.62 bits per heavy atom. The Bertz CT molecular complexity index is 587. The molecule has 0 spiro atoms. The first-order chi connectivity index (χ1) is 9.90. The van der Waals surface area contributed by atoms with Crippen molar-refractivity contribution in [2.45, 2.75) is 37.2 Å². The zero-order chi connectivity index (χ0) is 15.2. The van der Waals surface area contributed by atoms with E-state index >= 15 is 0 Å². The number of fused-ring (bicyclic) bond motifs is 1. The molecule has 2 unspecified atom stereocenters. The number of aryl methyl sites for hydroxylation is 1. The second-order valence-electron chi connectivity index (χ2n) is 5.98. The van der Waals surface area contributed by atoms with E-state index in [0.29, 0.717) is 18.7 Å². The summed E-state index contributed by atoms with van der Waals surface area (Å²) in [7, 11) is 3.64. The van der Waals surface area contributed by atoms with Gasteiger partial charge < -0.3 is 9.80 Å². The molecule has 1 aromatic heterocycles. The Morgan fingerprint density at radius 3 is 3.05 bits per heavy atom. The number of hydrogen-bond acceptors (Lipinski definition) is 4. The van der Waals surface area contributed by atoms with Gasteiger partial charge in [0.1, 0.15) is 6.04 Å². The van der Waals surface area contributed by atoms with Crippen LogP contribution >= 0.6 is 11.8 Å². The number of aromatic nitrogens is 2. The van der Waals surface area contributed by atoms with Crippen molar-refractivity contribution in [3.8, 4) is 0 Å². The normalized spacial score (nSPS) is 28.0. The van der Waals surface area contributed by atoms with E-state index in [4.69, 9.17) is 0 Å². The van der Waals surface area contributed by atoms with E-state index in [1.165, 1.54) is 0 Å². The molecule has 2 saturated heterocycles. The molecule has 2 aliphatic rings. The third-order valence-corrected chi connectivity index (χ3v) is 5.79. The molecule has 7 heteroatoms. The van der Waals surface area contributed by atoms with Crippen molar-refractivity contribution in [2.75, 3.05) is 12.8 Å². The second kappa shape index (κ2) is 5.05. The van der Waals surface area contributed by atoms with Gasteiger partial charge in [-0.15, -0.1) is 11.8 Å². The summed E-state index contributed by atoms with van der Waals surface area (Å²) in [5, 5.41) is 4.11. The third-order valence-electron chi connectivity index (χ3n) is 4.28. The van der Waals surface area contributed by atoms with Crippen LogP contribution in [0, 0.1) is 0 Å². The molecular formula is C14H20N4O2S.